The SMILES string of the molecule is C[C@H](NC(=O)OC(C)(C)C)C(=O)OC[C@@H](C)O. The van der Waals surface area contributed by atoms with Gasteiger partial charge in [0.1, 0.15) is 18.2 Å². The summed E-state index contributed by atoms with van der Waals surface area (Å²) < 4.78 is 9.71. The first-order valence-electron chi connectivity index (χ1n) is 5.46. The van der Waals surface area contributed by atoms with Gasteiger partial charge >= 0.3 is 12.1 Å². The molecule has 0 rings (SSSR count). The number of carbonyl (C=O) groups excluding carboxylic acids is 2. The Morgan fingerprint density at radius 1 is 1.29 bits per heavy atom. The molecule has 0 aromatic heterocycles. The Hall–Kier alpha value is -1.30. The van der Waals surface area contributed by atoms with E-state index in [4.69, 9.17) is 14.6 Å². The van der Waals surface area contributed by atoms with E-state index < -0.39 is 29.8 Å². The summed E-state index contributed by atoms with van der Waals surface area (Å²) in [6, 6.07) is -0.816. The highest BCUT2D eigenvalue weighted by Crippen LogP contribution is 2.06. The third kappa shape index (κ3) is 8.50. The van der Waals surface area contributed by atoms with E-state index in [1.165, 1.54) is 13.8 Å². The van der Waals surface area contributed by atoms with Crippen molar-refractivity contribution in [3.8, 4) is 0 Å². The van der Waals surface area contributed by atoms with E-state index in [1.54, 1.807) is 20.8 Å². The molecule has 0 aliphatic rings. The molecule has 0 aromatic carbocycles. The van der Waals surface area contributed by atoms with E-state index >= 15 is 0 Å². The molecule has 0 saturated heterocycles. The van der Waals surface area contributed by atoms with E-state index in [9.17, 15) is 9.59 Å². The van der Waals surface area contributed by atoms with Crippen LogP contribution in [-0.2, 0) is 14.3 Å². The van der Waals surface area contributed by atoms with Gasteiger partial charge in [-0.2, -0.15) is 0 Å². The van der Waals surface area contributed by atoms with Gasteiger partial charge in [0.2, 0.25) is 0 Å². The van der Waals surface area contributed by atoms with Gasteiger partial charge in [-0.05, 0) is 34.6 Å². The quantitative estimate of drug-likeness (QED) is 0.718. The molecule has 0 aliphatic heterocycles. The molecule has 0 bridgehead atoms. The second-order valence-corrected chi connectivity index (χ2v) is 4.85. The minimum atomic E-state index is -0.816. The van der Waals surface area contributed by atoms with Crippen LogP contribution in [0.5, 0.6) is 0 Å². The average Bonchev–Trinajstić information content (AvgIpc) is 2.10. The lowest BCUT2D eigenvalue weighted by molar-refractivity contribution is -0.148. The third-order valence-electron chi connectivity index (χ3n) is 1.55. The van der Waals surface area contributed by atoms with Crippen molar-refractivity contribution in [1.82, 2.24) is 5.32 Å². The van der Waals surface area contributed by atoms with Crippen molar-refractivity contribution >= 4 is 12.1 Å². The molecule has 0 aliphatic carbocycles. The predicted molar refractivity (Wildman–Crippen MR) is 61.5 cm³/mol. The van der Waals surface area contributed by atoms with Gasteiger partial charge in [0, 0.05) is 0 Å². The summed E-state index contributed by atoms with van der Waals surface area (Å²) in [5, 5.41) is 11.3. The number of hydrogen-bond donors (Lipinski definition) is 2. The second-order valence-electron chi connectivity index (χ2n) is 4.85. The average molecular weight is 247 g/mol. The number of aliphatic hydroxyl groups is 1. The molecule has 0 saturated carbocycles. The zero-order chi connectivity index (χ0) is 13.6. The lowest BCUT2D eigenvalue weighted by Crippen LogP contribution is -2.42. The van der Waals surface area contributed by atoms with Gasteiger partial charge in [-0.25, -0.2) is 9.59 Å². The zero-order valence-corrected chi connectivity index (χ0v) is 10.9. The summed E-state index contributed by atoms with van der Waals surface area (Å²) in [7, 11) is 0. The van der Waals surface area contributed by atoms with Crippen LogP contribution in [0.25, 0.3) is 0 Å². The Labute approximate surface area is 101 Å². The normalized spacial score (nSPS) is 14.7. The van der Waals surface area contributed by atoms with E-state index in [-0.39, 0.29) is 6.61 Å². The molecule has 0 fully saturated rings. The minimum Gasteiger partial charge on any atom is -0.461 e. The molecular weight excluding hydrogens is 226 g/mol. The molecule has 0 spiro atoms. The van der Waals surface area contributed by atoms with Crippen molar-refractivity contribution in [2.24, 2.45) is 0 Å². The van der Waals surface area contributed by atoms with Crippen LogP contribution < -0.4 is 5.32 Å². The molecule has 0 heterocycles. The van der Waals surface area contributed by atoms with E-state index in [1.807, 2.05) is 0 Å². The van der Waals surface area contributed by atoms with E-state index in [0.29, 0.717) is 0 Å². The fourth-order valence-corrected chi connectivity index (χ4v) is 0.871. The standard InChI is InChI=1S/C11H21NO5/c1-7(13)6-16-9(14)8(2)12-10(15)17-11(3,4)5/h7-8,13H,6H2,1-5H3,(H,12,15)/t7-,8+/m1/s1. The van der Waals surface area contributed by atoms with Crippen LogP contribution >= 0.6 is 0 Å². The number of ether oxygens (including phenoxy) is 2. The van der Waals surface area contributed by atoms with Gasteiger partial charge in [0.25, 0.3) is 0 Å². The van der Waals surface area contributed by atoms with Crippen LogP contribution in [0.1, 0.15) is 34.6 Å². The molecule has 2 atom stereocenters. The molecule has 0 aromatic rings. The molecule has 17 heavy (non-hydrogen) atoms. The molecule has 100 valence electrons. The number of hydrogen-bond acceptors (Lipinski definition) is 5. The van der Waals surface area contributed by atoms with Gasteiger partial charge in [-0.15, -0.1) is 0 Å². The first kappa shape index (κ1) is 15.7. The van der Waals surface area contributed by atoms with E-state index in [0.717, 1.165) is 0 Å². The molecule has 6 heteroatoms. The van der Waals surface area contributed by atoms with Gasteiger partial charge in [0.05, 0.1) is 6.10 Å². The molecule has 0 radical (unpaired) electrons. The summed E-state index contributed by atoms with van der Waals surface area (Å²) in [6.45, 7) is 8.06. The fraction of sp³-hybridized carbons (Fsp3) is 0.818. The number of rotatable bonds is 4. The van der Waals surface area contributed by atoms with Gasteiger partial charge in [-0.3, -0.25) is 0 Å². The number of aliphatic hydroxyl groups excluding tert-OH is 1. The Morgan fingerprint density at radius 2 is 1.82 bits per heavy atom. The predicted octanol–water partition coefficient (Wildman–Crippen LogP) is 0.824. The number of nitrogens with one attached hydrogen (secondary N) is 1. The van der Waals surface area contributed by atoms with Crippen molar-refractivity contribution in [1.29, 1.82) is 0 Å². The van der Waals surface area contributed by atoms with Crippen molar-refractivity contribution in [3.63, 3.8) is 0 Å². The van der Waals surface area contributed by atoms with Crippen LogP contribution in [0.2, 0.25) is 0 Å². The maximum atomic E-state index is 11.3. The highest BCUT2D eigenvalue weighted by Gasteiger charge is 2.21. The van der Waals surface area contributed by atoms with Gasteiger partial charge < -0.3 is 19.9 Å². The molecule has 2 N–H and O–H groups in total. The van der Waals surface area contributed by atoms with Crippen LogP contribution in [0.3, 0.4) is 0 Å². The Balaban J connectivity index is 4.03. The molecule has 0 unspecified atom stereocenters. The number of esters is 1. The van der Waals surface area contributed by atoms with Crippen LogP contribution in [0.15, 0.2) is 0 Å². The highest BCUT2D eigenvalue weighted by molar-refractivity contribution is 5.81. The van der Waals surface area contributed by atoms with Crippen LogP contribution in [0.4, 0.5) is 4.79 Å². The maximum Gasteiger partial charge on any atom is 0.408 e. The Kier molecular flexibility index (Phi) is 5.95. The van der Waals surface area contributed by atoms with Crippen molar-refractivity contribution < 1.29 is 24.2 Å². The van der Waals surface area contributed by atoms with Crippen molar-refractivity contribution in [2.45, 2.75) is 52.4 Å². The molecular formula is C11H21NO5. The van der Waals surface area contributed by atoms with Crippen LogP contribution in [0, 0.1) is 0 Å². The largest absolute Gasteiger partial charge is 0.461 e. The maximum absolute atomic E-state index is 11.3. The number of carbonyl (C=O) groups is 2. The van der Waals surface area contributed by atoms with Crippen molar-refractivity contribution in [2.75, 3.05) is 6.61 Å². The monoisotopic (exact) mass is 247 g/mol. The lowest BCUT2D eigenvalue weighted by Gasteiger charge is -2.21. The number of alkyl carbamates (subject to hydrolysis) is 1. The summed E-state index contributed by atoms with van der Waals surface area (Å²) in [5.74, 6) is -0.614. The van der Waals surface area contributed by atoms with E-state index in [2.05, 4.69) is 5.32 Å². The topological polar surface area (TPSA) is 84.9 Å². The van der Waals surface area contributed by atoms with Crippen molar-refractivity contribution in [3.05, 3.63) is 0 Å². The van der Waals surface area contributed by atoms with Gasteiger partial charge in [0.15, 0.2) is 0 Å². The third-order valence-corrected chi connectivity index (χ3v) is 1.55. The summed E-state index contributed by atoms with van der Waals surface area (Å²) in [6.07, 6.45) is -1.41. The smallest absolute Gasteiger partial charge is 0.408 e. The van der Waals surface area contributed by atoms with Gasteiger partial charge in [-0.1, -0.05) is 0 Å². The zero-order valence-electron chi connectivity index (χ0n) is 10.9. The molecule has 1 amide bonds. The summed E-state index contributed by atoms with van der Waals surface area (Å²) >= 11 is 0. The fourth-order valence-electron chi connectivity index (χ4n) is 0.871. The summed E-state index contributed by atoms with van der Waals surface area (Å²) in [4.78, 5) is 22.7. The molecule has 6 nitrogen and oxygen atoms in total. The minimum absolute atomic E-state index is 0.0980. The Bertz CT molecular complexity index is 270. The lowest BCUT2D eigenvalue weighted by atomic mass is 10.2. The second kappa shape index (κ2) is 6.44. The Morgan fingerprint density at radius 3 is 2.24 bits per heavy atom. The first-order valence-corrected chi connectivity index (χ1v) is 5.46. The first-order chi connectivity index (χ1) is 7.61. The highest BCUT2D eigenvalue weighted by atomic mass is 16.6. The van der Waals surface area contributed by atoms with Crippen LogP contribution in [-0.4, -0.2) is 41.5 Å². The number of amides is 1. The summed E-state index contributed by atoms with van der Waals surface area (Å²) in [5.41, 5.74) is -0.618.